The van der Waals surface area contributed by atoms with Crippen molar-refractivity contribution >= 4 is 86.2 Å². The van der Waals surface area contributed by atoms with Gasteiger partial charge < -0.3 is 76.1 Å². The van der Waals surface area contributed by atoms with E-state index in [0.717, 1.165) is 23.2 Å². The molecule has 6 heterocycles. The third-order valence-electron chi connectivity index (χ3n) is 17.9. The number of aliphatic hydroxyl groups is 9. The van der Waals surface area contributed by atoms with Gasteiger partial charge in [0.25, 0.3) is 0 Å². The highest BCUT2D eigenvalue weighted by Gasteiger charge is 2.49. The Morgan fingerprint density at radius 2 is 0.824 bits per heavy atom. The number of aromatic nitrogens is 15. The molecule has 0 unspecified atom stereocenters. The van der Waals surface area contributed by atoms with Gasteiger partial charge in [0.1, 0.15) is 54.1 Å². The summed E-state index contributed by atoms with van der Waals surface area (Å²) in [6.45, 7) is -3.28. The first kappa shape index (κ1) is 48.6. The van der Waals surface area contributed by atoms with Crippen molar-refractivity contribution in [3.63, 3.8) is 0 Å². The molecular weight excluding hydrogens is 1460 g/mol. The number of thioether (sulfide) groups is 3. The molecule has 12 N–H and O–H groups in total. The summed E-state index contributed by atoms with van der Waals surface area (Å²) in [5.74, 6) is -7.48. The van der Waals surface area contributed by atoms with E-state index in [9.17, 15) is 54.0 Å². The zero-order chi connectivity index (χ0) is 104. The van der Waals surface area contributed by atoms with Gasteiger partial charge in [-0.25, -0.2) is 57.1 Å². The number of hydrogen-bond donors (Lipinski definition) is 12. The van der Waals surface area contributed by atoms with Crippen LogP contribution < -0.4 is 16.0 Å². The highest BCUT2D eigenvalue weighted by Crippen LogP contribution is 2.48. The van der Waals surface area contributed by atoms with Crippen molar-refractivity contribution in [3.05, 3.63) is 105 Å². The molecule has 0 saturated heterocycles. The summed E-state index contributed by atoms with van der Waals surface area (Å²) in [6.07, 6.45) is -24.6. The van der Waals surface area contributed by atoms with E-state index < -0.39 is 256 Å². The second-order valence-corrected chi connectivity index (χ2v) is 27.4. The molecule has 3 aromatic carbocycles. The van der Waals surface area contributed by atoms with Crippen LogP contribution in [0.15, 0.2) is 69.9 Å². The van der Waals surface area contributed by atoms with Gasteiger partial charge in [0.05, 0.1) is 96.5 Å². The number of rotatable bonds is 30. The van der Waals surface area contributed by atoms with Gasteiger partial charge in [0.2, 0.25) is 0 Å². The van der Waals surface area contributed by atoms with Crippen molar-refractivity contribution in [1.82, 2.24) is 74.9 Å². The maximum atomic E-state index is 14.8. The van der Waals surface area contributed by atoms with Gasteiger partial charge in [-0.2, -0.15) is 0 Å². The van der Waals surface area contributed by atoms with Crippen molar-refractivity contribution in [2.24, 2.45) is 0 Å². The summed E-state index contributed by atoms with van der Waals surface area (Å²) in [7, 11) is 0. The number of fused-ring (bicyclic) bond motifs is 3. The van der Waals surface area contributed by atoms with E-state index in [1.807, 2.05) is 0 Å². The highest BCUT2D eigenvalue weighted by atomic mass is 32.2. The van der Waals surface area contributed by atoms with Gasteiger partial charge >= 0.3 is 0 Å². The molecule has 582 valence electrons. The molecule has 6 fully saturated rings. The number of nitrogens with one attached hydrogen (secondary N) is 3. The van der Waals surface area contributed by atoms with E-state index in [1.54, 1.807) is 6.92 Å². The molecule has 15 rings (SSSR count). The Morgan fingerprint density at radius 3 is 1.15 bits per heavy atom. The van der Waals surface area contributed by atoms with Gasteiger partial charge in [0.15, 0.2) is 66.4 Å². The van der Waals surface area contributed by atoms with Crippen molar-refractivity contribution < 1.29 is 116 Å². The number of anilines is 3. The molecule has 0 amide bonds. The standard InChI is InChI=1S/3C24H31FN6O4S/c3*1-3-8-36-24-27-22(26-16-10-14(16)13-5-4-12(2)15(25)9-13)19-23(28-24)31(30-29-19)17-11-18(35-7-6-32)21(34)20(17)33/h3*4-5,9,14,16-18,20-21,32-34H,3,6-8,10-11H2,1-2H3,(H,26,27,28)/t3*14-,16+,17+,18-,20-,21+/m000/s1/i4D,5D,6D2,7D2,8D2,9D,10D2;3D2,4D,5D,6D2,8D2,9D,10D2;3D2,4D,5D,8D2,9D,10D2. The molecule has 0 spiro atoms. The Hall–Kier alpha value is -7.14. The second-order valence-electron chi connectivity index (χ2n) is 25.0. The number of hydrogen-bond acceptors (Lipinski definition) is 30. The first-order chi connectivity index (χ1) is 63.8. The average molecular weight is 1590 g/mol. The zero-order valence-electron chi connectivity index (χ0n) is 88.7. The molecule has 108 heavy (non-hydrogen) atoms. The molecule has 0 aliphatic heterocycles. The zero-order valence-corrected chi connectivity index (χ0v) is 60.1. The van der Waals surface area contributed by atoms with Crippen LogP contribution in [0.3, 0.4) is 0 Å². The minimum Gasteiger partial charge on any atom is -0.394 e. The van der Waals surface area contributed by atoms with E-state index in [1.165, 1.54) is 25.5 Å². The maximum Gasteiger partial charge on any atom is 0.191 e. The Kier molecular flexibility index (Phi) is 15.8. The first-order valence-corrected chi connectivity index (χ1v) is 35.9. The lowest BCUT2D eigenvalue weighted by atomic mass is 10.1. The van der Waals surface area contributed by atoms with Gasteiger partial charge in [0, 0.05) is 94.2 Å². The van der Waals surface area contributed by atoms with E-state index in [0.29, 0.717) is 35.3 Å². The molecular formula is C72H93F3N18O12S3. The Balaban J connectivity index is 0.000000176. The molecule has 30 nitrogen and oxygen atoms in total. The van der Waals surface area contributed by atoms with Crippen LogP contribution in [0.4, 0.5) is 30.6 Å². The van der Waals surface area contributed by atoms with Crippen molar-refractivity contribution in [2.45, 2.75) is 224 Å². The van der Waals surface area contributed by atoms with Crippen LogP contribution in [-0.4, -0.2) is 251 Å². The van der Waals surface area contributed by atoms with Crippen molar-refractivity contribution in [1.29, 1.82) is 0 Å². The van der Waals surface area contributed by atoms with Crippen LogP contribution in [0, 0.1) is 38.2 Å². The second kappa shape index (κ2) is 35.1. The summed E-state index contributed by atoms with van der Waals surface area (Å²) in [5, 5.41) is 124. The van der Waals surface area contributed by atoms with E-state index in [4.69, 9.17) is 61.8 Å². The molecule has 0 radical (unpaired) electrons. The molecule has 18 atom stereocenters. The topological polar surface area (TPSA) is 415 Å². The van der Waals surface area contributed by atoms with Crippen LogP contribution in [0.25, 0.3) is 33.5 Å². The smallest absolute Gasteiger partial charge is 0.191 e. The van der Waals surface area contributed by atoms with E-state index >= 15 is 0 Å². The van der Waals surface area contributed by atoms with Crippen LogP contribution in [0.5, 0.6) is 0 Å². The Labute approximate surface area is 676 Å². The molecule has 6 aromatic heterocycles. The van der Waals surface area contributed by atoms with Crippen molar-refractivity contribution in [3.8, 4) is 0 Å². The third-order valence-corrected chi connectivity index (χ3v) is 20.1. The summed E-state index contributed by atoms with van der Waals surface area (Å²) in [5.41, 5.74) is -9.24. The van der Waals surface area contributed by atoms with Gasteiger partial charge in [-0.3, -0.25) is 0 Å². The normalized spacial score (nSPS) is 34.3. The fourth-order valence-electron chi connectivity index (χ4n) is 12.2. The van der Waals surface area contributed by atoms with Gasteiger partial charge in [-0.05, 0) is 111 Å². The SMILES string of the molecule is [2H]c1c([2H])c([C@H]2[C@H](Nc3nc(SC([2H])([2H])C([2H])([2H])C)nc4c3nnn4[C@@H]3C[C@H](OCC([2H])([2H])O)[C@@H](O)[C@H]3O)C2([2H])[2H])c([2H])c(F)c1C.[2H]c1c([2H])c([C@H]2[C@H](Nc3nc(SC([2H])([2H])C([2H])([2H])C)nc4c3nnn4[C@@H]3C[C@H](OCCO)[C@@H](O)[C@H]3O)C2([2H])[2H])c([2H])c(F)c1C.[2H]c1c([2H])c([C@H]2[C@H](Nc3nc(SC([2H])([2H])CC)nc4c3nnn4[C@@H]3C[C@H](OC([2H])([2H])C([2H])([2H])O)[C@@H](O)[C@H]3O)C2([2H])[2H])c([2H])c(F)c1C. The van der Waals surface area contributed by atoms with Crippen LogP contribution >= 0.6 is 35.3 Å². The lowest BCUT2D eigenvalue weighted by Gasteiger charge is -2.17. The first-order valence-electron chi connectivity index (χ1n) is 48.9. The Morgan fingerprint density at radius 1 is 0.481 bits per heavy atom. The quantitative estimate of drug-likeness (QED) is 0.0168. The number of benzene rings is 3. The summed E-state index contributed by atoms with van der Waals surface area (Å²) in [4.78, 5) is 25.8. The molecule has 6 aliphatic rings. The summed E-state index contributed by atoms with van der Waals surface area (Å²) < 4.78 is 314. The lowest BCUT2D eigenvalue weighted by molar-refractivity contribution is -0.0629. The van der Waals surface area contributed by atoms with Crippen LogP contribution in [0.1, 0.15) is 190 Å². The monoisotopic (exact) mass is 1590 g/mol. The number of halogens is 3. The maximum absolute atomic E-state index is 14.8. The number of nitrogens with zero attached hydrogens (tertiary/aromatic N) is 15. The van der Waals surface area contributed by atoms with Crippen LogP contribution in [-0.2, 0) is 14.2 Å². The predicted molar refractivity (Wildman–Crippen MR) is 398 cm³/mol. The minimum absolute atomic E-state index is 0.0224. The van der Waals surface area contributed by atoms with Crippen LogP contribution in [0.2, 0.25) is 0 Å². The molecule has 6 aliphatic carbocycles. The molecule has 9 aromatic rings. The fraction of sp³-hybridized carbons (Fsp3) is 0.583. The average Bonchev–Trinajstić information content (AvgIpc) is 1.55. The van der Waals surface area contributed by atoms with E-state index in [2.05, 4.69) is 76.8 Å². The summed E-state index contributed by atoms with van der Waals surface area (Å²) in [6, 6.07) is -12.0. The Bertz CT molecular complexity index is 6120. The number of aliphatic hydroxyl groups excluding tert-OH is 7. The fourth-order valence-corrected chi connectivity index (χ4v) is 13.7. The number of ether oxygens (including phenoxy) is 3. The largest absolute Gasteiger partial charge is 0.394 e. The highest BCUT2D eigenvalue weighted by molar-refractivity contribution is 7.99. The van der Waals surface area contributed by atoms with Gasteiger partial charge in [-0.15, -0.1) is 15.3 Å². The molecule has 6 saturated carbocycles. The van der Waals surface area contributed by atoms with Gasteiger partial charge in [-0.1, -0.05) is 108 Å². The lowest BCUT2D eigenvalue weighted by Crippen LogP contribution is -2.33. The van der Waals surface area contributed by atoms with Crippen molar-refractivity contribution in [2.75, 3.05) is 72.6 Å². The molecule has 36 heteroatoms. The summed E-state index contributed by atoms with van der Waals surface area (Å²) >= 11 is 1.25. The molecule has 0 bridgehead atoms. The minimum atomic E-state index is -3.45. The third kappa shape index (κ3) is 17.5. The predicted octanol–water partition coefficient (Wildman–Crippen LogP) is 6.55. The van der Waals surface area contributed by atoms with E-state index in [-0.39, 0.29) is 139 Å².